The van der Waals surface area contributed by atoms with E-state index in [1.54, 1.807) is 0 Å². The van der Waals surface area contributed by atoms with Gasteiger partial charge in [-0.05, 0) is 19.3 Å². The van der Waals surface area contributed by atoms with Crippen molar-refractivity contribution in [3.63, 3.8) is 0 Å². The molecule has 108 valence electrons. The molecular weight excluding hydrogens is 220 g/mol. The minimum absolute atomic E-state index is 0.896. The lowest BCUT2D eigenvalue weighted by atomic mass is 9.91. The maximum absolute atomic E-state index is 2.74. The van der Waals surface area contributed by atoms with Crippen LogP contribution in [0.2, 0.25) is 0 Å². The highest BCUT2D eigenvalue weighted by Crippen LogP contribution is 2.30. The van der Waals surface area contributed by atoms with Crippen LogP contribution in [-0.2, 0) is 0 Å². The Labute approximate surface area is 115 Å². The third-order valence-corrected chi connectivity index (χ3v) is 4.74. The molecular formula is C16H35N2+. The highest BCUT2D eigenvalue weighted by Gasteiger charge is 2.38. The molecule has 1 saturated carbocycles. The average molecular weight is 255 g/mol. The van der Waals surface area contributed by atoms with E-state index in [4.69, 9.17) is 0 Å². The van der Waals surface area contributed by atoms with Crippen molar-refractivity contribution in [3.8, 4) is 0 Å². The standard InChI is InChI=1S/C16H35N2/c1-5-7-9-10-15-17(14-8-6-2)18(3,4)16-12-11-13-16/h16H,5-15H2,1-4H3/q+1. The van der Waals surface area contributed by atoms with Crippen LogP contribution < -0.4 is 0 Å². The van der Waals surface area contributed by atoms with E-state index in [0.29, 0.717) is 0 Å². The lowest BCUT2D eigenvalue weighted by Gasteiger charge is -2.48. The van der Waals surface area contributed by atoms with Crippen LogP contribution in [0.15, 0.2) is 0 Å². The third-order valence-electron chi connectivity index (χ3n) is 4.74. The second-order valence-corrected chi connectivity index (χ2v) is 6.43. The van der Waals surface area contributed by atoms with Crippen LogP contribution >= 0.6 is 0 Å². The maximum atomic E-state index is 2.74. The Morgan fingerprint density at radius 3 is 2.00 bits per heavy atom. The number of nitrogens with zero attached hydrogens (tertiary/aromatic N) is 2. The summed E-state index contributed by atoms with van der Waals surface area (Å²) in [5.41, 5.74) is 0. The van der Waals surface area contributed by atoms with E-state index in [0.717, 1.165) is 10.6 Å². The van der Waals surface area contributed by atoms with Gasteiger partial charge in [-0.1, -0.05) is 39.5 Å². The van der Waals surface area contributed by atoms with Gasteiger partial charge in [0.25, 0.3) is 0 Å². The SMILES string of the molecule is CCCCCCN(CCCC)[N+](C)(C)C1CCC1. The van der Waals surface area contributed by atoms with Gasteiger partial charge in [0.05, 0.1) is 14.1 Å². The molecule has 0 aromatic carbocycles. The van der Waals surface area contributed by atoms with Gasteiger partial charge in [0.2, 0.25) is 0 Å². The Kier molecular flexibility index (Phi) is 7.25. The fourth-order valence-corrected chi connectivity index (χ4v) is 2.94. The molecule has 2 nitrogen and oxygen atoms in total. The number of unbranched alkanes of at least 4 members (excludes halogenated alkanes) is 4. The highest BCUT2D eigenvalue weighted by atomic mass is 15.7. The van der Waals surface area contributed by atoms with Crippen LogP contribution in [0.3, 0.4) is 0 Å². The van der Waals surface area contributed by atoms with Gasteiger partial charge in [-0.2, -0.15) is 5.01 Å². The largest absolute Gasteiger partial charge is 0.246 e. The summed E-state index contributed by atoms with van der Waals surface area (Å²) in [4.78, 5) is 0. The predicted molar refractivity (Wildman–Crippen MR) is 80.4 cm³/mol. The summed E-state index contributed by atoms with van der Waals surface area (Å²) in [6.45, 7) is 7.18. The topological polar surface area (TPSA) is 3.24 Å². The Morgan fingerprint density at radius 2 is 1.50 bits per heavy atom. The molecule has 1 rings (SSSR count). The van der Waals surface area contributed by atoms with E-state index >= 15 is 0 Å². The van der Waals surface area contributed by atoms with Crippen molar-refractivity contribution in [1.29, 1.82) is 0 Å². The van der Waals surface area contributed by atoms with Crippen LogP contribution in [-0.4, -0.2) is 42.8 Å². The Morgan fingerprint density at radius 1 is 0.889 bits per heavy atom. The van der Waals surface area contributed by atoms with Crippen molar-refractivity contribution in [2.24, 2.45) is 0 Å². The van der Waals surface area contributed by atoms with Gasteiger partial charge in [0.1, 0.15) is 6.04 Å². The Hall–Kier alpha value is -0.0800. The summed E-state index contributed by atoms with van der Waals surface area (Å²) < 4.78 is 1.14. The van der Waals surface area contributed by atoms with E-state index in [-0.39, 0.29) is 0 Å². The molecule has 0 aromatic heterocycles. The van der Waals surface area contributed by atoms with Gasteiger partial charge in [0, 0.05) is 25.9 Å². The molecule has 1 aliphatic carbocycles. The zero-order valence-electron chi connectivity index (χ0n) is 13.2. The second-order valence-electron chi connectivity index (χ2n) is 6.43. The first-order chi connectivity index (χ1) is 8.62. The predicted octanol–water partition coefficient (Wildman–Crippen LogP) is 4.21. The fourth-order valence-electron chi connectivity index (χ4n) is 2.94. The van der Waals surface area contributed by atoms with Gasteiger partial charge >= 0.3 is 0 Å². The van der Waals surface area contributed by atoms with Gasteiger partial charge in [-0.3, -0.25) is 0 Å². The average Bonchev–Trinajstić information content (AvgIpc) is 2.24. The zero-order chi connectivity index (χ0) is 13.4. The van der Waals surface area contributed by atoms with Gasteiger partial charge in [0.15, 0.2) is 0 Å². The van der Waals surface area contributed by atoms with Gasteiger partial charge < -0.3 is 0 Å². The third kappa shape index (κ3) is 4.55. The van der Waals surface area contributed by atoms with E-state index < -0.39 is 0 Å². The molecule has 0 atom stereocenters. The number of quaternary nitrogens is 1. The van der Waals surface area contributed by atoms with Crippen molar-refractivity contribution in [3.05, 3.63) is 0 Å². The van der Waals surface area contributed by atoms with Crippen LogP contribution in [0.25, 0.3) is 0 Å². The molecule has 0 unspecified atom stereocenters. The van der Waals surface area contributed by atoms with Crippen LogP contribution in [0.5, 0.6) is 0 Å². The molecule has 0 aliphatic heterocycles. The summed E-state index contributed by atoms with van der Waals surface area (Å²) in [6.07, 6.45) is 12.5. The minimum Gasteiger partial charge on any atom is -0.246 e. The van der Waals surface area contributed by atoms with E-state index in [9.17, 15) is 0 Å². The molecule has 0 radical (unpaired) electrons. The van der Waals surface area contributed by atoms with E-state index in [2.05, 4.69) is 33.0 Å². The van der Waals surface area contributed by atoms with Crippen LogP contribution in [0.4, 0.5) is 0 Å². The molecule has 0 amide bonds. The quantitative estimate of drug-likeness (QED) is 0.321. The summed E-state index contributed by atoms with van der Waals surface area (Å²) in [6, 6.07) is 0.896. The number of hydrogen-bond donors (Lipinski definition) is 0. The summed E-state index contributed by atoms with van der Waals surface area (Å²) in [7, 11) is 4.86. The lowest BCUT2D eigenvalue weighted by Crippen LogP contribution is -2.62. The molecule has 2 heteroatoms. The van der Waals surface area contributed by atoms with Crippen molar-refractivity contribution < 1.29 is 4.59 Å². The molecule has 0 heterocycles. The first-order valence-corrected chi connectivity index (χ1v) is 8.22. The first-order valence-electron chi connectivity index (χ1n) is 8.22. The molecule has 0 spiro atoms. The summed E-state index contributed by atoms with van der Waals surface area (Å²) in [5.74, 6) is 0. The zero-order valence-corrected chi connectivity index (χ0v) is 13.2. The molecule has 0 saturated heterocycles. The maximum Gasteiger partial charge on any atom is 0.106 e. The Bertz CT molecular complexity index is 209. The smallest absolute Gasteiger partial charge is 0.106 e. The van der Waals surface area contributed by atoms with Crippen molar-refractivity contribution in [2.75, 3.05) is 27.2 Å². The second kappa shape index (κ2) is 8.16. The molecule has 1 aliphatic rings. The van der Waals surface area contributed by atoms with Crippen LogP contribution in [0.1, 0.15) is 71.6 Å². The molecule has 0 bridgehead atoms. The van der Waals surface area contributed by atoms with Crippen molar-refractivity contribution >= 4 is 0 Å². The van der Waals surface area contributed by atoms with Gasteiger partial charge in [-0.25, -0.2) is 4.59 Å². The summed E-state index contributed by atoms with van der Waals surface area (Å²) >= 11 is 0. The number of rotatable bonds is 10. The molecule has 0 aromatic rings. The van der Waals surface area contributed by atoms with Crippen LogP contribution in [0, 0.1) is 0 Å². The number of hydrogen-bond acceptors (Lipinski definition) is 1. The summed E-state index contributed by atoms with van der Waals surface area (Å²) in [5, 5.41) is 2.74. The molecule has 0 N–H and O–H groups in total. The van der Waals surface area contributed by atoms with Crippen molar-refractivity contribution in [1.82, 2.24) is 5.01 Å². The van der Waals surface area contributed by atoms with Crippen molar-refractivity contribution in [2.45, 2.75) is 77.7 Å². The van der Waals surface area contributed by atoms with E-state index in [1.165, 1.54) is 70.9 Å². The normalized spacial score (nSPS) is 17.2. The monoisotopic (exact) mass is 255 g/mol. The van der Waals surface area contributed by atoms with Gasteiger partial charge in [-0.15, -0.1) is 0 Å². The fraction of sp³-hybridized carbons (Fsp3) is 1.00. The highest BCUT2D eigenvalue weighted by molar-refractivity contribution is 4.69. The lowest BCUT2D eigenvalue weighted by molar-refractivity contribution is -1.03. The molecule has 1 fully saturated rings. The van der Waals surface area contributed by atoms with E-state index in [1.807, 2.05) is 0 Å². The first kappa shape index (κ1) is 16.0. The Balaban J connectivity index is 2.42. The molecule has 18 heavy (non-hydrogen) atoms. The minimum atomic E-state index is 0.896.